The molecule has 0 aliphatic heterocycles. The minimum Gasteiger partial charge on any atom is -0.378 e. The molecular weight excluding hydrogens is 136 g/mol. The molecule has 0 fully saturated rings. The van der Waals surface area contributed by atoms with Gasteiger partial charge in [0.25, 0.3) is 0 Å². The highest BCUT2D eigenvalue weighted by Crippen LogP contribution is 2.13. The minimum absolute atomic E-state index is 0.167. The summed E-state index contributed by atoms with van der Waals surface area (Å²) in [5.41, 5.74) is 4.80. The molecule has 0 aliphatic carbocycles. The topological polar surface area (TPSA) is 94.9 Å². The van der Waals surface area contributed by atoms with Gasteiger partial charge in [-0.3, -0.25) is 10.1 Å². The highest BCUT2D eigenvalue weighted by atomic mass is 16.6. The predicted molar refractivity (Wildman–Crippen MR) is 31.9 cm³/mol. The van der Waals surface area contributed by atoms with Gasteiger partial charge in [0.1, 0.15) is 6.20 Å². The molecule has 0 spiro atoms. The fourth-order valence-corrected chi connectivity index (χ4v) is 0.437. The van der Waals surface area contributed by atoms with Crippen LogP contribution in [0.15, 0.2) is 6.20 Å². The van der Waals surface area contributed by atoms with E-state index in [-0.39, 0.29) is 11.5 Å². The molecule has 1 heterocycles. The van der Waals surface area contributed by atoms with Crippen LogP contribution in [0.5, 0.6) is 0 Å². The van der Waals surface area contributed by atoms with Gasteiger partial charge in [-0.05, 0) is 0 Å². The number of nitrogen functional groups attached to an aromatic ring is 1. The van der Waals surface area contributed by atoms with Crippen LogP contribution in [0.3, 0.4) is 0 Å². The molecule has 1 aromatic rings. The van der Waals surface area contributed by atoms with E-state index < -0.39 is 4.92 Å². The Morgan fingerprint density at radius 2 is 2.50 bits per heavy atom. The minimum atomic E-state index is -0.650. The molecule has 0 aliphatic rings. The average Bonchev–Trinajstić information content (AvgIpc) is 1.88. The summed E-state index contributed by atoms with van der Waals surface area (Å²) in [7, 11) is 0. The summed E-state index contributed by atoms with van der Waals surface area (Å²) in [5.74, 6) is -0.167. The normalized spacial score (nSPS) is 9.20. The summed E-state index contributed by atoms with van der Waals surface area (Å²) in [6, 6.07) is 0. The van der Waals surface area contributed by atoms with Crippen LogP contribution in [0, 0.1) is 16.4 Å². The first-order chi connectivity index (χ1) is 4.72. The first-order valence-corrected chi connectivity index (χ1v) is 2.35. The van der Waals surface area contributed by atoms with Crippen LogP contribution in [-0.2, 0) is 0 Å². The van der Waals surface area contributed by atoms with Gasteiger partial charge >= 0.3 is 5.69 Å². The van der Waals surface area contributed by atoms with E-state index in [2.05, 4.69) is 16.3 Å². The molecule has 0 atom stereocenters. The Bertz CT molecular complexity index is 261. The third-order valence-electron chi connectivity index (χ3n) is 0.874. The van der Waals surface area contributed by atoms with Gasteiger partial charge in [0, 0.05) is 0 Å². The molecule has 0 unspecified atom stereocenters. The van der Waals surface area contributed by atoms with Gasteiger partial charge in [-0.2, -0.15) is 0 Å². The summed E-state index contributed by atoms with van der Waals surface area (Å²) in [6.45, 7) is 0. The van der Waals surface area contributed by atoms with E-state index in [1.807, 2.05) is 0 Å². The van der Waals surface area contributed by atoms with Gasteiger partial charge in [0.05, 0.1) is 4.92 Å². The molecule has 51 valence electrons. The van der Waals surface area contributed by atoms with Crippen LogP contribution in [0.4, 0.5) is 11.5 Å². The van der Waals surface area contributed by atoms with Crippen molar-refractivity contribution in [3.8, 4) is 0 Å². The molecule has 0 saturated heterocycles. The largest absolute Gasteiger partial charge is 0.378 e. The Morgan fingerprint density at radius 1 is 1.80 bits per heavy atom. The summed E-state index contributed by atoms with van der Waals surface area (Å²) in [4.78, 5) is 16.0. The maximum atomic E-state index is 10.1. The quantitative estimate of drug-likeness (QED) is 0.428. The van der Waals surface area contributed by atoms with Crippen LogP contribution >= 0.6 is 0 Å². The molecule has 0 amide bonds. The van der Waals surface area contributed by atoms with Gasteiger partial charge < -0.3 is 5.73 Å². The number of hydrogen-bond donors (Lipinski definition) is 1. The van der Waals surface area contributed by atoms with Crippen molar-refractivity contribution in [3.05, 3.63) is 22.6 Å². The van der Waals surface area contributed by atoms with E-state index in [9.17, 15) is 10.1 Å². The second-order valence-electron chi connectivity index (χ2n) is 1.50. The second kappa shape index (κ2) is 2.26. The average molecular weight is 139 g/mol. The Balaban J connectivity index is 3.15. The van der Waals surface area contributed by atoms with E-state index in [1.54, 1.807) is 0 Å². The van der Waals surface area contributed by atoms with Crippen molar-refractivity contribution < 1.29 is 4.92 Å². The number of nitrogens with two attached hydrogens (primary N) is 1. The van der Waals surface area contributed by atoms with Crippen LogP contribution in [0.2, 0.25) is 0 Å². The van der Waals surface area contributed by atoms with Gasteiger partial charge in [0.2, 0.25) is 5.82 Å². The molecule has 0 bridgehead atoms. The summed E-state index contributed by atoms with van der Waals surface area (Å²) in [6.07, 6.45) is 3.13. The summed E-state index contributed by atoms with van der Waals surface area (Å²) < 4.78 is 0. The Kier molecular flexibility index (Phi) is 1.44. The molecule has 1 aromatic heterocycles. The molecular formula is C4H3N4O2. The highest BCUT2D eigenvalue weighted by molar-refractivity contribution is 5.48. The van der Waals surface area contributed by atoms with E-state index in [0.717, 1.165) is 6.20 Å². The van der Waals surface area contributed by atoms with Crippen molar-refractivity contribution >= 4 is 11.5 Å². The molecule has 10 heavy (non-hydrogen) atoms. The lowest BCUT2D eigenvalue weighted by Gasteiger charge is -1.90. The number of anilines is 1. The second-order valence-corrected chi connectivity index (χ2v) is 1.50. The van der Waals surface area contributed by atoms with Crippen LogP contribution in [-0.4, -0.2) is 14.9 Å². The maximum absolute atomic E-state index is 10.1. The van der Waals surface area contributed by atoms with Crippen molar-refractivity contribution in [3.63, 3.8) is 0 Å². The maximum Gasteiger partial charge on any atom is 0.329 e. The SMILES string of the molecule is Nc1n[c]ncc1[N+](=O)[O-]. The van der Waals surface area contributed by atoms with Crippen molar-refractivity contribution in [1.82, 2.24) is 9.97 Å². The highest BCUT2D eigenvalue weighted by Gasteiger charge is 2.10. The third kappa shape index (κ3) is 0.993. The van der Waals surface area contributed by atoms with Crippen molar-refractivity contribution in [2.24, 2.45) is 0 Å². The number of hydrogen-bond acceptors (Lipinski definition) is 5. The van der Waals surface area contributed by atoms with Crippen LogP contribution in [0.1, 0.15) is 0 Å². The number of nitrogens with zero attached hydrogens (tertiary/aromatic N) is 3. The molecule has 6 nitrogen and oxygen atoms in total. The third-order valence-corrected chi connectivity index (χ3v) is 0.874. The summed E-state index contributed by atoms with van der Waals surface area (Å²) in [5, 5.41) is 10.1. The number of aromatic nitrogens is 2. The fourth-order valence-electron chi connectivity index (χ4n) is 0.437. The first-order valence-electron chi connectivity index (χ1n) is 2.35. The molecule has 2 N–H and O–H groups in total. The number of nitro groups is 1. The number of rotatable bonds is 1. The fraction of sp³-hybridized carbons (Fsp3) is 0. The standard InChI is InChI=1S/C4H3N4O2/c5-4-3(8(9)10)1-6-2-7-4/h1H,(H2,5,6,7). The zero-order valence-electron chi connectivity index (χ0n) is 4.81. The van der Waals surface area contributed by atoms with Gasteiger partial charge in [-0.15, -0.1) is 0 Å². The van der Waals surface area contributed by atoms with Gasteiger partial charge in [0.15, 0.2) is 6.33 Å². The van der Waals surface area contributed by atoms with Gasteiger partial charge in [-0.25, -0.2) is 9.97 Å². The zero-order valence-corrected chi connectivity index (χ0v) is 4.81. The molecule has 6 heteroatoms. The molecule has 1 rings (SSSR count). The van der Waals surface area contributed by atoms with Crippen molar-refractivity contribution in [1.29, 1.82) is 0 Å². The van der Waals surface area contributed by atoms with E-state index in [4.69, 9.17) is 5.73 Å². The van der Waals surface area contributed by atoms with Gasteiger partial charge in [-0.1, -0.05) is 0 Å². The smallest absolute Gasteiger partial charge is 0.329 e. The lowest BCUT2D eigenvalue weighted by Crippen LogP contribution is -1.98. The van der Waals surface area contributed by atoms with Crippen molar-refractivity contribution in [2.45, 2.75) is 0 Å². The molecule has 0 saturated carbocycles. The van der Waals surface area contributed by atoms with E-state index in [0.29, 0.717) is 0 Å². The summed E-state index contributed by atoms with van der Waals surface area (Å²) >= 11 is 0. The Hall–Kier alpha value is -1.72. The Morgan fingerprint density at radius 3 is 2.90 bits per heavy atom. The van der Waals surface area contributed by atoms with E-state index >= 15 is 0 Å². The predicted octanol–water partition coefficient (Wildman–Crippen LogP) is -0.233. The Labute approximate surface area is 55.9 Å². The van der Waals surface area contributed by atoms with Crippen molar-refractivity contribution in [2.75, 3.05) is 5.73 Å². The van der Waals surface area contributed by atoms with Crippen LogP contribution < -0.4 is 5.73 Å². The van der Waals surface area contributed by atoms with Crippen LogP contribution in [0.25, 0.3) is 0 Å². The first kappa shape index (κ1) is 6.40. The molecule has 0 aromatic carbocycles. The molecule has 1 radical (unpaired) electrons. The lowest BCUT2D eigenvalue weighted by atomic mass is 10.5. The monoisotopic (exact) mass is 139 g/mol. The zero-order chi connectivity index (χ0) is 7.56. The van der Waals surface area contributed by atoms with E-state index in [1.165, 1.54) is 0 Å². The lowest BCUT2D eigenvalue weighted by molar-refractivity contribution is -0.384.